The molecule has 23 heavy (non-hydrogen) atoms. The van der Waals surface area contributed by atoms with Crippen molar-refractivity contribution >= 4 is 5.69 Å². The SMILES string of the molecule is CNc1c(-c2ccccc2)c(-c2ccccc2)oc(=O)c1C#N. The third-order valence-corrected chi connectivity index (χ3v) is 3.59. The molecule has 0 fully saturated rings. The molecule has 112 valence electrons. The first-order valence-corrected chi connectivity index (χ1v) is 7.16. The predicted molar refractivity (Wildman–Crippen MR) is 90.1 cm³/mol. The summed E-state index contributed by atoms with van der Waals surface area (Å²) in [6.07, 6.45) is 0. The van der Waals surface area contributed by atoms with Crippen molar-refractivity contribution < 1.29 is 4.42 Å². The molecule has 1 heterocycles. The Morgan fingerprint density at radius 3 is 2.04 bits per heavy atom. The van der Waals surface area contributed by atoms with Crippen LogP contribution in [-0.2, 0) is 0 Å². The summed E-state index contributed by atoms with van der Waals surface area (Å²) in [5, 5.41) is 12.3. The maximum absolute atomic E-state index is 12.2. The zero-order valence-electron chi connectivity index (χ0n) is 12.5. The summed E-state index contributed by atoms with van der Waals surface area (Å²) in [4.78, 5) is 12.2. The zero-order valence-corrected chi connectivity index (χ0v) is 12.5. The second-order valence-corrected chi connectivity index (χ2v) is 4.94. The predicted octanol–water partition coefficient (Wildman–Crippen LogP) is 3.89. The molecular formula is C19H14N2O2. The molecule has 0 bridgehead atoms. The minimum atomic E-state index is -0.643. The number of nitrogens with zero attached hydrogens (tertiary/aromatic N) is 1. The van der Waals surface area contributed by atoms with Crippen LogP contribution in [0.4, 0.5) is 5.69 Å². The zero-order chi connectivity index (χ0) is 16.2. The summed E-state index contributed by atoms with van der Waals surface area (Å²) >= 11 is 0. The van der Waals surface area contributed by atoms with Gasteiger partial charge in [-0.15, -0.1) is 0 Å². The van der Waals surface area contributed by atoms with E-state index in [0.717, 1.165) is 11.1 Å². The van der Waals surface area contributed by atoms with Crippen LogP contribution in [-0.4, -0.2) is 7.05 Å². The summed E-state index contributed by atoms with van der Waals surface area (Å²) in [5.41, 5.74) is 2.17. The van der Waals surface area contributed by atoms with Gasteiger partial charge in [0, 0.05) is 18.2 Å². The summed E-state index contributed by atoms with van der Waals surface area (Å²) in [6, 6.07) is 20.9. The highest BCUT2D eigenvalue weighted by Crippen LogP contribution is 2.38. The van der Waals surface area contributed by atoms with Crippen LogP contribution in [0, 0.1) is 11.3 Å². The summed E-state index contributed by atoms with van der Waals surface area (Å²) in [7, 11) is 1.69. The fraction of sp³-hybridized carbons (Fsp3) is 0.0526. The summed E-state index contributed by atoms with van der Waals surface area (Å²) < 4.78 is 5.50. The van der Waals surface area contributed by atoms with Crippen LogP contribution in [0.1, 0.15) is 5.56 Å². The third-order valence-electron chi connectivity index (χ3n) is 3.59. The van der Waals surface area contributed by atoms with Gasteiger partial charge in [-0.05, 0) is 5.56 Å². The van der Waals surface area contributed by atoms with E-state index < -0.39 is 5.63 Å². The van der Waals surface area contributed by atoms with Gasteiger partial charge in [0.2, 0.25) is 0 Å². The van der Waals surface area contributed by atoms with E-state index in [2.05, 4.69) is 5.32 Å². The molecule has 0 atom stereocenters. The van der Waals surface area contributed by atoms with E-state index in [1.54, 1.807) is 7.05 Å². The monoisotopic (exact) mass is 302 g/mol. The highest BCUT2D eigenvalue weighted by molar-refractivity contribution is 5.90. The molecule has 1 aromatic heterocycles. The van der Waals surface area contributed by atoms with E-state index in [4.69, 9.17) is 4.42 Å². The molecule has 0 amide bonds. The molecule has 0 saturated carbocycles. The highest BCUT2D eigenvalue weighted by Gasteiger charge is 2.21. The molecule has 0 saturated heterocycles. The van der Waals surface area contributed by atoms with Gasteiger partial charge in [-0.3, -0.25) is 0 Å². The average Bonchev–Trinajstić information content (AvgIpc) is 2.62. The first kappa shape index (κ1) is 14.6. The topological polar surface area (TPSA) is 66.0 Å². The molecule has 0 spiro atoms. The van der Waals surface area contributed by atoms with Crippen LogP contribution in [0.5, 0.6) is 0 Å². The molecule has 0 radical (unpaired) electrons. The minimum absolute atomic E-state index is 0.0222. The lowest BCUT2D eigenvalue weighted by atomic mass is 9.97. The van der Waals surface area contributed by atoms with Crippen LogP contribution in [0.25, 0.3) is 22.5 Å². The Bertz CT molecular complexity index is 923. The van der Waals surface area contributed by atoms with Crippen LogP contribution in [0.2, 0.25) is 0 Å². The van der Waals surface area contributed by atoms with Crippen molar-refractivity contribution in [1.82, 2.24) is 0 Å². The molecule has 2 aromatic carbocycles. The first-order chi connectivity index (χ1) is 11.3. The number of nitriles is 1. The van der Waals surface area contributed by atoms with Crippen LogP contribution < -0.4 is 10.9 Å². The molecule has 3 rings (SSSR count). The lowest BCUT2D eigenvalue weighted by molar-refractivity contribution is 0.526. The van der Waals surface area contributed by atoms with E-state index in [1.165, 1.54) is 0 Å². The van der Waals surface area contributed by atoms with E-state index in [1.807, 2.05) is 66.7 Å². The van der Waals surface area contributed by atoms with E-state index >= 15 is 0 Å². The molecular weight excluding hydrogens is 288 g/mol. The van der Waals surface area contributed by atoms with Crippen molar-refractivity contribution in [3.05, 3.63) is 76.6 Å². The van der Waals surface area contributed by atoms with Gasteiger partial charge in [0.25, 0.3) is 0 Å². The van der Waals surface area contributed by atoms with Crippen molar-refractivity contribution in [3.63, 3.8) is 0 Å². The lowest BCUT2D eigenvalue weighted by Gasteiger charge is -2.14. The summed E-state index contributed by atoms with van der Waals surface area (Å²) in [5.74, 6) is 0.449. The Balaban J connectivity index is 2.43. The van der Waals surface area contributed by atoms with Crippen molar-refractivity contribution in [2.24, 2.45) is 0 Å². The third kappa shape index (κ3) is 2.60. The molecule has 0 aliphatic rings. The normalized spacial score (nSPS) is 10.1. The number of anilines is 1. The molecule has 0 unspecified atom stereocenters. The maximum Gasteiger partial charge on any atom is 0.356 e. The van der Waals surface area contributed by atoms with E-state index in [0.29, 0.717) is 17.0 Å². The Morgan fingerprint density at radius 2 is 1.52 bits per heavy atom. The van der Waals surface area contributed by atoms with Crippen LogP contribution in [0.3, 0.4) is 0 Å². The number of benzene rings is 2. The highest BCUT2D eigenvalue weighted by atomic mass is 16.4. The molecule has 0 aliphatic heterocycles. The minimum Gasteiger partial charge on any atom is -0.421 e. The van der Waals surface area contributed by atoms with Gasteiger partial charge in [0.05, 0.1) is 5.69 Å². The second kappa shape index (κ2) is 6.20. The van der Waals surface area contributed by atoms with E-state index in [-0.39, 0.29) is 5.56 Å². The molecule has 3 aromatic rings. The number of rotatable bonds is 3. The standard InChI is InChI=1S/C19H14N2O2/c1-21-17-15(12-20)19(22)23-18(14-10-6-3-7-11-14)16(17)13-8-4-2-5-9-13/h2-11,21H,1H3. The second-order valence-electron chi connectivity index (χ2n) is 4.94. The van der Waals surface area contributed by atoms with Crippen molar-refractivity contribution in [1.29, 1.82) is 5.26 Å². The Morgan fingerprint density at radius 1 is 0.957 bits per heavy atom. The van der Waals surface area contributed by atoms with Gasteiger partial charge in [0.1, 0.15) is 11.8 Å². The van der Waals surface area contributed by atoms with Gasteiger partial charge in [0.15, 0.2) is 5.56 Å². The number of nitrogens with one attached hydrogen (secondary N) is 1. The van der Waals surface area contributed by atoms with Gasteiger partial charge in [-0.1, -0.05) is 60.7 Å². The van der Waals surface area contributed by atoms with Crippen LogP contribution >= 0.6 is 0 Å². The lowest BCUT2D eigenvalue weighted by Crippen LogP contribution is -2.11. The molecule has 4 heteroatoms. The fourth-order valence-electron chi connectivity index (χ4n) is 2.56. The Kier molecular flexibility index (Phi) is 3.94. The molecule has 0 aliphatic carbocycles. The van der Waals surface area contributed by atoms with Gasteiger partial charge in [-0.2, -0.15) is 5.26 Å². The van der Waals surface area contributed by atoms with Crippen molar-refractivity contribution in [3.8, 4) is 28.5 Å². The van der Waals surface area contributed by atoms with Gasteiger partial charge < -0.3 is 9.73 Å². The number of hydrogen-bond acceptors (Lipinski definition) is 4. The molecule has 1 N–H and O–H groups in total. The van der Waals surface area contributed by atoms with Gasteiger partial charge >= 0.3 is 5.63 Å². The van der Waals surface area contributed by atoms with Gasteiger partial charge in [-0.25, -0.2) is 4.79 Å². The Hall–Kier alpha value is -3.32. The number of hydrogen-bond donors (Lipinski definition) is 1. The molecule has 4 nitrogen and oxygen atoms in total. The van der Waals surface area contributed by atoms with Crippen molar-refractivity contribution in [2.75, 3.05) is 12.4 Å². The van der Waals surface area contributed by atoms with E-state index in [9.17, 15) is 10.1 Å². The van der Waals surface area contributed by atoms with Crippen LogP contribution in [0.15, 0.2) is 69.9 Å². The maximum atomic E-state index is 12.2. The smallest absolute Gasteiger partial charge is 0.356 e. The van der Waals surface area contributed by atoms with Crippen molar-refractivity contribution in [2.45, 2.75) is 0 Å². The Labute approximate surface area is 133 Å². The summed E-state index contributed by atoms with van der Waals surface area (Å²) in [6.45, 7) is 0. The quantitative estimate of drug-likeness (QED) is 0.797. The average molecular weight is 302 g/mol. The first-order valence-electron chi connectivity index (χ1n) is 7.16. The largest absolute Gasteiger partial charge is 0.421 e. The fourth-order valence-corrected chi connectivity index (χ4v) is 2.56.